The van der Waals surface area contributed by atoms with Crippen LogP contribution in [0.4, 0.5) is 0 Å². The summed E-state index contributed by atoms with van der Waals surface area (Å²) in [6, 6.07) is 16.6. The summed E-state index contributed by atoms with van der Waals surface area (Å²) in [5.41, 5.74) is 0.921. The lowest BCUT2D eigenvalue weighted by atomic mass is 10.1. The Balaban J connectivity index is 1.42. The lowest BCUT2D eigenvalue weighted by Gasteiger charge is -2.34. The van der Waals surface area contributed by atoms with Gasteiger partial charge in [0.15, 0.2) is 0 Å². The Morgan fingerprint density at radius 1 is 0.882 bits per heavy atom. The number of fused-ring (bicyclic) bond motifs is 1. The fraction of sp³-hybridized carbons (Fsp3) is 0.208. The number of amides is 2. The van der Waals surface area contributed by atoms with Gasteiger partial charge >= 0.3 is 0 Å². The summed E-state index contributed by atoms with van der Waals surface area (Å²) in [5.74, 6) is -0.592. The maximum absolute atomic E-state index is 13.2. The quantitative estimate of drug-likeness (QED) is 0.425. The van der Waals surface area contributed by atoms with Crippen LogP contribution in [-0.4, -0.2) is 61.5 Å². The van der Waals surface area contributed by atoms with E-state index >= 15 is 0 Å². The van der Waals surface area contributed by atoms with Crippen LogP contribution in [0.5, 0.6) is 0 Å². The molecule has 2 amide bonds. The van der Waals surface area contributed by atoms with Crippen molar-refractivity contribution >= 4 is 50.0 Å². The molecule has 10 heteroatoms. The Morgan fingerprint density at radius 3 is 2.12 bits per heavy atom. The zero-order valence-corrected chi connectivity index (χ0v) is 20.0. The van der Waals surface area contributed by atoms with Crippen LogP contribution < -0.4 is 5.32 Å². The van der Waals surface area contributed by atoms with Gasteiger partial charge in [0.25, 0.3) is 5.91 Å². The largest absolute Gasteiger partial charge is 0.336 e. The van der Waals surface area contributed by atoms with Crippen LogP contribution in [0, 0.1) is 5.41 Å². The number of nitrogens with one attached hydrogen (secondary N) is 2. The highest BCUT2D eigenvalue weighted by molar-refractivity contribution is 7.89. The number of piperazine rings is 1. The van der Waals surface area contributed by atoms with E-state index in [0.29, 0.717) is 16.1 Å². The predicted molar refractivity (Wildman–Crippen MR) is 131 cm³/mol. The third-order valence-electron chi connectivity index (χ3n) is 5.66. The second kappa shape index (κ2) is 9.54. The summed E-state index contributed by atoms with van der Waals surface area (Å²) in [6.45, 7) is 2.24. The molecular weight excluding hydrogens is 476 g/mol. The Kier molecular flexibility index (Phi) is 6.70. The fourth-order valence-electron chi connectivity index (χ4n) is 3.85. The van der Waals surface area contributed by atoms with E-state index in [1.807, 2.05) is 0 Å². The van der Waals surface area contributed by atoms with E-state index in [0.717, 1.165) is 10.8 Å². The Labute approximate surface area is 202 Å². The molecule has 0 radical (unpaired) electrons. The number of hydrogen-bond donors (Lipinski definition) is 2. The van der Waals surface area contributed by atoms with Gasteiger partial charge in [-0.1, -0.05) is 35.9 Å². The fourth-order valence-corrected chi connectivity index (χ4v) is 5.48. The van der Waals surface area contributed by atoms with Crippen LogP contribution in [-0.2, 0) is 14.8 Å². The Morgan fingerprint density at radius 2 is 1.47 bits per heavy atom. The zero-order valence-electron chi connectivity index (χ0n) is 18.4. The summed E-state index contributed by atoms with van der Waals surface area (Å²) in [5, 5.41) is 12.5. The topological polar surface area (TPSA) is 111 Å². The normalized spacial score (nSPS) is 14.7. The molecule has 0 spiro atoms. The number of halogens is 1. The molecule has 1 saturated heterocycles. The number of carbonyl (C=O) groups excluding carboxylic acids is 2. The molecule has 1 aliphatic rings. The van der Waals surface area contributed by atoms with Gasteiger partial charge in [0.05, 0.1) is 4.90 Å². The number of carbonyl (C=O) groups is 2. The highest BCUT2D eigenvalue weighted by Crippen LogP contribution is 2.25. The van der Waals surface area contributed by atoms with Crippen LogP contribution in [0.25, 0.3) is 10.8 Å². The molecule has 0 aliphatic carbocycles. The third kappa shape index (κ3) is 4.96. The van der Waals surface area contributed by atoms with E-state index in [-0.39, 0.29) is 48.7 Å². The van der Waals surface area contributed by atoms with Crippen LogP contribution in [0.2, 0.25) is 5.02 Å². The van der Waals surface area contributed by atoms with Gasteiger partial charge < -0.3 is 10.2 Å². The number of amidine groups is 1. The molecule has 0 atom stereocenters. The predicted octanol–water partition coefficient (Wildman–Crippen LogP) is 3.10. The molecular formula is C24H23ClN4O4S. The summed E-state index contributed by atoms with van der Waals surface area (Å²) in [7, 11) is -3.70. The smallest absolute Gasteiger partial charge is 0.253 e. The van der Waals surface area contributed by atoms with E-state index in [9.17, 15) is 18.0 Å². The molecule has 4 rings (SSSR count). The third-order valence-corrected chi connectivity index (χ3v) is 7.79. The minimum Gasteiger partial charge on any atom is -0.336 e. The van der Waals surface area contributed by atoms with E-state index in [2.05, 4.69) is 5.32 Å². The number of hydrogen-bond acceptors (Lipinski definition) is 5. The molecule has 176 valence electrons. The number of sulfonamides is 1. The molecule has 1 fully saturated rings. The second-order valence-corrected chi connectivity index (χ2v) is 10.4. The summed E-state index contributed by atoms with van der Waals surface area (Å²) >= 11 is 6.01. The first-order chi connectivity index (χ1) is 16.1. The molecule has 8 nitrogen and oxygen atoms in total. The van der Waals surface area contributed by atoms with Crippen molar-refractivity contribution in [3.63, 3.8) is 0 Å². The number of benzene rings is 3. The lowest BCUT2D eigenvalue weighted by Crippen LogP contribution is -2.50. The van der Waals surface area contributed by atoms with Gasteiger partial charge in [-0.15, -0.1) is 0 Å². The molecule has 2 N–H and O–H groups in total. The van der Waals surface area contributed by atoms with E-state index in [1.54, 1.807) is 65.6 Å². The Bertz CT molecular complexity index is 1380. The molecule has 1 heterocycles. The van der Waals surface area contributed by atoms with Crippen molar-refractivity contribution in [3.05, 3.63) is 76.8 Å². The average Bonchev–Trinajstić information content (AvgIpc) is 2.83. The highest BCUT2D eigenvalue weighted by Gasteiger charge is 2.30. The maximum Gasteiger partial charge on any atom is 0.253 e. The van der Waals surface area contributed by atoms with Crippen LogP contribution >= 0.6 is 11.6 Å². The maximum atomic E-state index is 13.2. The first kappa shape index (κ1) is 23.9. The van der Waals surface area contributed by atoms with Gasteiger partial charge in [0.2, 0.25) is 15.9 Å². The van der Waals surface area contributed by atoms with Crippen molar-refractivity contribution < 1.29 is 18.0 Å². The van der Waals surface area contributed by atoms with Gasteiger partial charge in [-0.05, 0) is 47.2 Å². The summed E-state index contributed by atoms with van der Waals surface area (Å²) < 4.78 is 27.7. The monoisotopic (exact) mass is 498 g/mol. The highest BCUT2D eigenvalue weighted by atomic mass is 35.5. The molecule has 3 aromatic carbocycles. The SMILES string of the molecule is CC(=O)NC(=N)c1ccc(C(=O)N2CCN(S(=O)(=O)c3ccc4cc(Cl)ccc4c3)CC2)cc1. The first-order valence-corrected chi connectivity index (χ1v) is 12.4. The minimum atomic E-state index is -3.70. The Hall–Kier alpha value is -3.27. The summed E-state index contributed by atoms with van der Waals surface area (Å²) in [4.78, 5) is 25.8. The van der Waals surface area contributed by atoms with Crippen LogP contribution in [0.3, 0.4) is 0 Å². The molecule has 34 heavy (non-hydrogen) atoms. The van der Waals surface area contributed by atoms with E-state index in [4.69, 9.17) is 17.0 Å². The van der Waals surface area contributed by atoms with Crippen molar-refractivity contribution in [2.75, 3.05) is 26.2 Å². The number of nitrogens with zero attached hydrogens (tertiary/aromatic N) is 2. The molecule has 1 aliphatic heterocycles. The van der Waals surface area contributed by atoms with E-state index in [1.165, 1.54) is 11.2 Å². The molecule has 0 unspecified atom stereocenters. The lowest BCUT2D eigenvalue weighted by molar-refractivity contribution is -0.117. The molecule has 3 aromatic rings. The second-order valence-electron chi connectivity index (χ2n) is 7.98. The van der Waals surface area contributed by atoms with Crippen molar-refractivity contribution in [1.29, 1.82) is 5.41 Å². The standard InChI is InChI=1S/C24H23ClN4O4S/c1-16(30)27-23(26)17-2-4-18(5-3-17)24(31)28-10-12-29(13-11-28)34(32,33)22-9-7-19-14-21(25)8-6-20(19)15-22/h2-9,14-15H,10-13H2,1H3,(H2,26,27,30). The van der Waals surface area contributed by atoms with Crippen molar-refractivity contribution in [2.45, 2.75) is 11.8 Å². The first-order valence-electron chi connectivity index (χ1n) is 10.6. The van der Waals surface area contributed by atoms with Gasteiger partial charge in [0.1, 0.15) is 5.84 Å². The number of rotatable bonds is 4. The minimum absolute atomic E-state index is 0.0397. The van der Waals surface area contributed by atoms with Crippen molar-refractivity contribution in [2.24, 2.45) is 0 Å². The van der Waals surface area contributed by atoms with Gasteiger partial charge in [-0.25, -0.2) is 8.42 Å². The molecule has 0 aromatic heterocycles. The van der Waals surface area contributed by atoms with Crippen LogP contribution in [0.1, 0.15) is 22.8 Å². The van der Waals surface area contributed by atoms with Crippen LogP contribution in [0.15, 0.2) is 65.6 Å². The van der Waals surface area contributed by atoms with Crippen molar-refractivity contribution in [3.8, 4) is 0 Å². The molecule has 0 bridgehead atoms. The van der Waals surface area contributed by atoms with Gasteiger partial charge in [-0.2, -0.15) is 4.31 Å². The summed E-state index contributed by atoms with van der Waals surface area (Å²) in [6.07, 6.45) is 0. The van der Waals surface area contributed by atoms with Gasteiger partial charge in [-0.3, -0.25) is 15.0 Å². The van der Waals surface area contributed by atoms with Gasteiger partial charge in [0, 0.05) is 49.3 Å². The zero-order chi connectivity index (χ0) is 24.5. The average molecular weight is 499 g/mol. The van der Waals surface area contributed by atoms with E-state index < -0.39 is 10.0 Å². The van der Waals surface area contributed by atoms with Crippen molar-refractivity contribution in [1.82, 2.24) is 14.5 Å². The molecule has 0 saturated carbocycles.